The predicted octanol–water partition coefficient (Wildman–Crippen LogP) is 2.05. The quantitative estimate of drug-likeness (QED) is 0.907. The molecule has 1 saturated heterocycles. The first-order valence-corrected chi connectivity index (χ1v) is 7.61. The fourth-order valence-electron chi connectivity index (χ4n) is 2.99. The average molecular weight is 304 g/mol. The highest BCUT2D eigenvalue weighted by atomic mass is 16.6. The molecule has 1 fully saturated rings. The molecule has 3 rings (SSSR count). The zero-order chi connectivity index (χ0) is 15.5. The molecule has 0 bridgehead atoms. The van der Waals surface area contributed by atoms with E-state index in [1.54, 1.807) is 24.2 Å². The van der Waals surface area contributed by atoms with Gasteiger partial charge in [-0.2, -0.15) is 0 Å². The van der Waals surface area contributed by atoms with Gasteiger partial charge in [-0.1, -0.05) is 0 Å². The molecule has 3 heterocycles. The molecular formula is C15H20N4O3. The van der Waals surface area contributed by atoms with E-state index in [4.69, 9.17) is 4.74 Å². The molecule has 0 aliphatic carbocycles. The molecule has 0 unspecified atom stereocenters. The summed E-state index contributed by atoms with van der Waals surface area (Å²) in [6, 6.07) is 1.88. The molecule has 7 nitrogen and oxygen atoms in total. The van der Waals surface area contributed by atoms with Gasteiger partial charge >= 0.3 is 12.1 Å². The maximum absolute atomic E-state index is 12.3. The Hall–Kier alpha value is -2.31. The van der Waals surface area contributed by atoms with E-state index in [1.165, 1.54) is 0 Å². The van der Waals surface area contributed by atoms with Crippen LogP contribution in [0.1, 0.15) is 25.3 Å². The lowest BCUT2D eigenvalue weighted by atomic mass is 10.0. The lowest BCUT2D eigenvalue weighted by Gasteiger charge is -2.40. The SMILES string of the molecule is CCOC(=O)N1CCC(N2Cc3cnccc3NC2=O)CC1. The molecular weight excluding hydrogens is 284 g/mol. The zero-order valence-electron chi connectivity index (χ0n) is 12.6. The Morgan fingerprint density at radius 1 is 1.45 bits per heavy atom. The van der Waals surface area contributed by atoms with Crippen LogP contribution in [0.2, 0.25) is 0 Å². The lowest BCUT2D eigenvalue weighted by molar-refractivity contribution is 0.0812. The predicted molar refractivity (Wildman–Crippen MR) is 80.4 cm³/mol. The second kappa shape index (κ2) is 6.21. The van der Waals surface area contributed by atoms with Gasteiger partial charge in [0, 0.05) is 37.1 Å². The average Bonchev–Trinajstić information content (AvgIpc) is 2.54. The molecule has 2 aliphatic heterocycles. The molecule has 22 heavy (non-hydrogen) atoms. The monoisotopic (exact) mass is 304 g/mol. The van der Waals surface area contributed by atoms with Crippen LogP contribution < -0.4 is 5.32 Å². The van der Waals surface area contributed by atoms with E-state index in [0.29, 0.717) is 26.2 Å². The molecule has 0 radical (unpaired) electrons. The van der Waals surface area contributed by atoms with E-state index in [2.05, 4.69) is 10.3 Å². The number of urea groups is 1. The van der Waals surface area contributed by atoms with Crippen LogP contribution in [0.15, 0.2) is 18.5 Å². The highest BCUT2D eigenvalue weighted by molar-refractivity contribution is 5.92. The van der Waals surface area contributed by atoms with Crippen molar-refractivity contribution in [1.29, 1.82) is 0 Å². The Morgan fingerprint density at radius 2 is 2.23 bits per heavy atom. The van der Waals surface area contributed by atoms with Crippen LogP contribution in [0.25, 0.3) is 0 Å². The Labute approximate surface area is 129 Å². The summed E-state index contributed by atoms with van der Waals surface area (Å²) in [4.78, 5) is 31.6. The molecule has 7 heteroatoms. The number of nitrogens with one attached hydrogen (secondary N) is 1. The van der Waals surface area contributed by atoms with Crippen LogP contribution in [0.4, 0.5) is 15.3 Å². The summed E-state index contributed by atoms with van der Waals surface area (Å²) in [7, 11) is 0. The summed E-state index contributed by atoms with van der Waals surface area (Å²) in [5.74, 6) is 0. The van der Waals surface area contributed by atoms with Gasteiger partial charge in [0.15, 0.2) is 0 Å². The summed E-state index contributed by atoms with van der Waals surface area (Å²) in [5.41, 5.74) is 1.86. The van der Waals surface area contributed by atoms with Gasteiger partial charge in [0.1, 0.15) is 0 Å². The molecule has 3 amide bonds. The number of aromatic nitrogens is 1. The van der Waals surface area contributed by atoms with Gasteiger partial charge in [0.25, 0.3) is 0 Å². The number of piperidine rings is 1. The van der Waals surface area contributed by atoms with E-state index in [9.17, 15) is 9.59 Å². The first-order valence-electron chi connectivity index (χ1n) is 7.61. The number of carbonyl (C=O) groups excluding carboxylic acids is 2. The van der Waals surface area contributed by atoms with Crippen molar-refractivity contribution in [3.8, 4) is 0 Å². The zero-order valence-corrected chi connectivity index (χ0v) is 12.6. The maximum atomic E-state index is 12.3. The van der Waals surface area contributed by atoms with Crippen LogP contribution in [-0.2, 0) is 11.3 Å². The number of nitrogens with zero attached hydrogens (tertiary/aromatic N) is 3. The Bertz CT molecular complexity index is 570. The van der Waals surface area contributed by atoms with Crippen molar-refractivity contribution in [3.05, 3.63) is 24.0 Å². The largest absolute Gasteiger partial charge is 0.450 e. The van der Waals surface area contributed by atoms with Gasteiger partial charge in [-0.3, -0.25) is 4.98 Å². The third-order valence-electron chi connectivity index (χ3n) is 4.18. The van der Waals surface area contributed by atoms with E-state index in [1.807, 2.05) is 11.0 Å². The lowest BCUT2D eigenvalue weighted by Crippen LogP contribution is -2.51. The fraction of sp³-hybridized carbons (Fsp3) is 0.533. The Kier molecular flexibility index (Phi) is 4.13. The second-order valence-electron chi connectivity index (χ2n) is 5.51. The van der Waals surface area contributed by atoms with Crippen LogP contribution >= 0.6 is 0 Å². The van der Waals surface area contributed by atoms with Gasteiger partial charge in [0.2, 0.25) is 0 Å². The first-order chi connectivity index (χ1) is 10.7. The van der Waals surface area contributed by atoms with Crippen molar-refractivity contribution < 1.29 is 14.3 Å². The molecule has 1 aromatic rings. The smallest absolute Gasteiger partial charge is 0.409 e. The number of ether oxygens (including phenoxy) is 1. The van der Waals surface area contributed by atoms with E-state index in [-0.39, 0.29) is 18.2 Å². The number of pyridine rings is 1. The Morgan fingerprint density at radius 3 is 2.95 bits per heavy atom. The minimum absolute atomic E-state index is 0.0757. The molecule has 2 aliphatic rings. The fourth-order valence-corrected chi connectivity index (χ4v) is 2.99. The molecule has 0 aromatic carbocycles. The minimum Gasteiger partial charge on any atom is -0.450 e. The summed E-state index contributed by atoms with van der Waals surface area (Å²) in [5, 5.41) is 2.90. The molecule has 0 atom stereocenters. The topological polar surface area (TPSA) is 74.8 Å². The number of rotatable bonds is 2. The summed E-state index contributed by atoms with van der Waals surface area (Å²) >= 11 is 0. The van der Waals surface area contributed by atoms with Gasteiger partial charge < -0.3 is 19.9 Å². The third kappa shape index (κ3) is 2.84. The molecule has 0 spiro atoms. The van der Waals surface area contributed by atoms with Gasteiger partial charge in [-0.15, -0.1) is 0 Å². The minimum atomic E-state index is -0.265. The van der Waals surface area contributed by atoms with Crippen LogP contribution in [-0.4, -0.2) is 52.6 Å². The van der Waals surface area contributed by atoms with Crippen molar-refractivity contribution in [2.45, 2.75) is 32.4 Å². The van der Waals surface area contributed by atoms with Gasteiger partial charge in [0.05, 0.1) is 18.8 Å². The number of carbonyl (C=O) groups is 2. The van der Waals surface area contributed by atoms with Crippen molar-refractivity contribution in [3.63, 3.8) is 0 Å². The van der Waals surface area contributed by atoms with Gasteiger partial charge in [-0.05, 0) is 25.8 Å². The van der Waals surface area contributed by atoms with Crippen molar-refractivity contribution >= 4 is 17.8 Å². The van der Waals surface area contributed by atoms with Gasteiger partial charge in [-0.25, -0.2) is 9.59 Å². The maximum Gasteiger partial charge on any atom is 0.409 e. The summed E-state index contributed by atoms with van der Waals surface area (Å²) < 4.78 is 5.02. The normalized spacial score (nSPS) is 18.7. The van der Waals surface area contributed by atoms with Crippen molar-refractivity contribution in [2.75, 3.05) is 25.0 Å². The van der Waals surface area contributed by atoms with E-state index < -0.39 is 0 Å². The van der Waals surface area contributed by atoms with Crippen LogP contribution in [0.3, 0.4) is 0 Å². The number of hydrogen-bond acceptors (Lipinski definition) is 4. The molecule has 118 valence electrons. The van der Waals surface area contributed by atoms with Crippen molar-refractivity contribution in [1.82, 2.24) is 14.8 Å². The number of likely N-dealkylation sites (tertiary alicyclic amines) is 1. The van der Waals surface area contributed by atoms with Crippen LogP contribution in [0, 0.1) is 0 Å². The number of hydrogen-bond donors (Lipinski definition) is 1. The summed E-state index contributed by atoms with van der Waals surface area (Å²) in [6.07, 6.45) is 4.73. The second-order valence-corrected chi connectivity index (χ2v) is 5.51. The Balaban J connectivity index is 1.62. The van der Waals surface area contributed by atoms with Crippen LogP contribution in [0.5, 0.6) is 0 Å². The first kappa shape index (κ1) is 14.6. The molecule has 1 N–H and O–H groups in total. The van der Waals surface area contributed by atoms with E-state index in [0.717, 1.165) is 24.1 Å². The number of anilines is 1. The number of amides is 3. The summed E-state index contributed by atoms with van der Waals surface area (Å²) in [6.45, 7) is 3.99. The highest BCUT2D eigenvalue weighted by Crippen LogP contribution is 2.27. The molecule has 1 aromatic heterocycles. The van der Waals surface area contributed by atoms with E-state index >= 15 is 0 Å². The highest BCUT2D eigenvalue weighted by Gasteiger charge is 2.32. The molecule has 0 saturated carbocycles. The standard InChI is InChI=1S/C15H20N4O3/c1-2-22-15(21)18-7-4-12(5-8-18)19-10-11-9-16-6-3-13(11)17-14(19)20/h3,6,9,12H,2,4-5,7-8,10H2,1H3,(H,17,20). The third-order valence-corrected chi connectivity index (χ3v) is 4.18. The number of fused-ring (bicyclic) bond motifs is 1. The van der Waals surface area contributed by atoms with Crippen molar-refractivity contribution in [2.24, 2.45) is 0 Å².